The quantitative estimate of drug-likeness (QED) is 0.661. The minimum absolute atomic E-state index is 0.105. The molecule has 1 aromatic rings. The summed E-state index contributed by atoms with van der Waals surface area (Å²) in [6.45, 7) is 0. The second-order valence-electron chi connectivity index (χ2n) is 3.27. The number of carbonyl (C=O) groups is 3. The zero-order valence-electron chi connectivity index (χ0n) is 9.49. The van der Waals surface area contributed by atoms with Crippen LogP contribution in [0.2, 0.25) is 0 Å². The lowest BCUT2D eigenvalue weighted by atomic mass is 10.2. The molecule has 0 saturated heterocycles. The number of carboxylic acids is 1. The highest BCUT2D eigenvalue weighted by Gasteiger charge is 2.24. The number of rotatable bonds is 5. The Kier molecular flexibility index (Phi) is 4.73. The molecule has 2 N–H and O–H groups in total. The summed E-state index contributed by atoms with van der Waals surface area (Å²) >= 11 is 0. The van der Waals surface area contributed by atoms with Crippen molar-refractivity contribution in [3.05, 3.63) is 24.3 Å². The normalized spacial score (nSPS) is 11.4. The number of methoxy groups -OCH3 is 1. The summed E-state index contributed by atoms with van der Waals surface area (Å²) in [6, 6.07) is -1.36. The maximum absolute atomic E-state index is 11.6. The fourth-order valence-corrected chi connectivity index (χ4v) is 1.11. The number of carboxylic acid groups (broad SMARTS) is 1. The fourth-order valence-electron chi connectivity index (χ4n) is 1.11. The van der Waals surface area contributed by atoms with E-state index in [0.717, 1.165) is 7.11 Å². The molecule has 1 atom stereocenters. The Hall–Kier alpha value is -2.51. The summed E-state index contributed by atoms with van der Waals surface area (Å²) in [5.41, 5.74) is 0.105. The number of amides is 1. The van der Waals surface area contributed by atoms with Crippen LogP contribution in [-0.4, -0.2) is 46.1 Å². The Morgan fingerprint density at radius 3 is 2.50 bits per heavy atom. The minimum atomic E-state index is -1.36. The molecule has 0 aromatic carbocycles. The molecule has 1 aromatic heterocycles. The summed E-state index contributed by atoms with van der Waals surface area (Å²) < 4.78 is 4.34. The topological polar surface area (TPSA) is 118 Å². The Morgan fingerprint density at radius 1 is 1.39 bits per heavy atom. The lowest BCUT2D eigenvalue weighted by Gasteiger charge is -2.12. The number of esters is 1. The van der Waals surface area contributed by atoms with E-state index in [2.05, 4.69) is 20.0 Å². The standard InChI is InChI=1S/C10H11N3O5/c1-18-8(14)2-7(10(16)17)13-9(15)6-3-11-5-12-4-6/h3-5,7H,2H2,1H3,(H,13,15)(H,16,17)/t7-/m0/s1. The van der Waals surface area contributed by atoms with Crippen LogP contribution >= 0.6 is 0 Å². The number of carbonyl (C=O) groups excluding carboxylic acids is 2. The SMILES string of the molecule is COC(=O)C[C@H](NC(=O)c1cncnc1)C(=O)O. The van der Waals surface area contributed by atoms with Crippen LogP contribution in [0.3, 0.4) is 0 Å². The van der Waals surface area contributed by atoms with Crippen LogP contribution in [0.5, 0.6) is 0 Å². The number of nitrogens with zero attached hydrogens (tertiary/aromatic N) is 2. The van der Waals surface area contributed by atoms with Gasteiger partial charge in [-0.3, -0.25) is 9.59 Å². The van der Waals surface area contributed by atoms with Gasteiger partial charge >= 0.3 is 11.9 Å². The Labute approximate surface area is 102 Å². The van der Waals surface area contributed by atoms with Gasteiger partial charge in [0.05, 0.1) is 19.1 Å². The van der Waals surface area contributed by atoms with E-state index in [4.69, 9.17) is 5.11 Å². The van der Waals surface area contributed by atoms with Crippen molar-refractivity contribution in [1.82, 2.24) is 15.3 Å². The monoisotopic (exact) mass is 253 g/mol. The third-order valence-corrected chi connectivity index (χ3v) is 2.02. The van der Waals surface area contributed by atoms with Crippen LogP contribution in [0.4, 0.5) is 0 Å². The molecular formula is C10H11N3O5. The molecule has 0 aliphatic heterocycles. The summed E-state index contributed by atoms with van der Waals surface area (Å²) in [5.74, 6) is -2.73. The van der Waals surface area contributed by atoms with Gasteiger partial charge in [0, 0.05) is 12.4 Å². The highest BCUT2D eigenvalue weighted by atomic mass is 16.5. The first-order chi connectivity index (χ1) is 8.54. The molecule has 0 unspecified atom stereocenters. The van der Waals surface area contributed by atoms with Gasteiger partial charge in [-0.15, -0.1) is 0 Å². The highest BCUT2D eigenvalue weighted by molar-refractivity contribution is 5.96. The second kappa shape index (κ2) is 6.28. The van der Waals surface area contributed by atoms with Crippen LogP contribution in [-0.2, 0) is 14.3 Å². The van der Waals surface area contributed by atoms with Gasteiger partial charge in [-0.05, 0) is 0 Å². The molecule has 8 heteroatoms. The van der Waals surface area contributed by atoms with E-state index in [0.29, 0.717) is 0 Å². The van der Waals surface area contributed by atoms with Gasteiger partial charge in [0.25, 0.3) is 5.91 Å². The third kappa shape index (κ3) is 3.81. The van der Waals surface area contributed by atoms with E-state index in [1.54, 1.807) is 0 Å². The zero-order valence-corrected chi connectivity index (χ0v) is 9.49. The van der Waals surface area contributed by atoms with Gasteiger partial charge in [-0.2, -0.15) is 0 Å². The predicted molar refractivity (Wildman–Crippen MR) is 57.6 cm³/mol. The van der Waals surface area contributed by atoms with Gasteiger partial charge in [0.2, 0.25) is 0 Å². The van der Waals surface area contributed by atoms with E-state index < -0.39 is 30.3 Å². The Balaban J connectivity index is 2.70. The van der Waals surface area contributed by atoms with Crippen molar-refractivity contribution in [3.8, 4) is 0 Å². The molecule has 96 valence electrons. The van der Waals surface area contributed by atoms with Crippen molar-refractivity contribution in [3.63, 3.8) is 0 Å². The summed E-state index contributed by atoms with van der Waals surface area (Å²) in [6.07, 6.45) is 3.25. The van der Waals surface area contributed by atoms with Crippen LogP contribution in [0.1, 0.15) is 16.8 Å². The smallest absolute Gasteiger partial charge is 0.326 e. The maximum atomic E-state index is 11.6. The number of ether oxygens (including phenoxy) is 1. The first kappa shape index (κ1) is 13.6. The summed E-state index contributed by atoms with van der Waals surface area (Å²) in [4.78, 5) is 40.7. The van der Waals surface area contributed by atoms with Crippen molar-refractivity contribution < 1.29 is 24.2 Å². The van der Waals surface area contributed by atoms with Gasteiger partial charge < -0.3 is 15.2 Å². The van der Waals surface area contributed by atoms with E-state index in [9.17, 15) is 14.4 Å². The molecule has 1 rings (SSSR count). The lowest BCUT2D eigenvalue weighted by Crippen LogP contribution is -2.42. The molecule has 0 saturated carbocycles. The van der Waals surface area contributed by atoms with Crippen molar-refractivity contribution in [2.45, 2.75) is 12.5 Å². The molecule has 0 bridgehead atoms. The van der Waals surface area contributed by atoms with Crippen LogP contribution in [0.15, 0.2) is 18.7 Å². The van der Waals surface area contributed by atoms with Gasteiger partial charge in [-0.1, -0.05) is 0 Å². The average molecular weight is 253 g/mol. The van der Waals surface area contributed by atoms with Gasteiger partial charge in [0.15, 0.2) is 0 Å². The van der Waals surface area contributed by atoms with Crippen LogP contribution in [0.25, 0.3) is 0 Å². The molecule has 18 heavy (non-hydrogen) atoms. The number of aromatic nitrogens is 2. The van der Waals surface area contributed by atoms with Gasteiger partial charge in [0.1, 0.15) is 12.4 Å². The molecule has 0 aliphatic carbocycles. The molecule has 1 heterocycles. The Morgan fingerprint density at radius 2 is 2.00 bits per heavy atom. The number of hydrogen-bond donors (Lipinski definition) is 2. The Bertz CT molecular complexity index is 448. The molecule has 0 aliphatic rings. The first-order valence-electron chi connectivity index (χ1n) is 4.90. The van der Waals surface area contributed by atoms with Crippen LogP contribution < -0.4 is 5.32 Å². The fraction of sp³-hybridized carbons (Fsp3) is 0.300. The molecule has 0 fully saturated rings. The summed E-state index contributed by atoms with van der Waals surface area (Å²) in [5, 5.41) is 11.0. The predicted octanol–water partition coefficient (Wildman–Crippen LogP) is -0.777. The molecule has 1 amide bonds. The lowest BCUT2D eigenvalue weighted by molar-refractivity contribution is -0.147. The largest absolute Gasteiger partial charge is 0.480 e. The van der Waals surface area contributed by atoms with Crippen molar-refractivity contribution in [1.29, 1.82) is 0 Å². The number of aliphatic carboxylic acids is 1. The van der Waals surface area contributed by atoms with E-state index in [-0.39, 0.29) is 5.56 Å². The second-order valence-corrected chi connectivity index (χ2v) is 3.27. The van der Waals surface area contributed by atoms with Crippen molar-refractivity contribution in [2.24, 2.45) is 0 Å². The van der Waals surface area contributed by atoms with Crippen molar-refractivity contribution in [2.75, 3.05) is 7.11 Å². The third-order valence-electron chi connectivity index (χ3n) is 2.02. The van der Waals surface area contributed by atoms with E-state index in [1.165, 1.54) is 18.7 Å². The molecule has 8 nitrogen and oxygen atoms in total. The maximum Gasteiger partial charge on any atom is 0.326 e. The molecule has 0 spiro atoms. The summed E-state index contributed by atoms with van der Waals surface area (Å²) in [7, 11) is 1.13. The van der Waals surface area contributed by atoms with Gasteiger partial charge in [-0.25, -0.2) is 14.8 Å². The highest BCUT2D eigenvalue weighted by Crippen LogP contribution is 1.99. The molecular weight excluding hydrogens is 242 g/mol. The molecule has 0 radical (unpaired) electrons. The number of hydrogen-bond acceptors (Lipinski definition) is 6. The first-order valence-corrected chi connectivity index (χ1v) is 4.90. The zero-order chi connectivity index (χ0) is 13.5. The average Bonchev–Trinajstić information content (AvgIpc) is 2.38. The van der Waals surface area contributed by atoms with E-state index >= 15 is 0 Å². The minimum Gasteiger partial charge on any atom is -0.480 e. The van der Waals surface area contributed by atoms with Crippen LogP contribution in [0, 0.1) is 0 Å². The number of nitrogens with one attached hydrogen (secondary N) is 1. The van der Waals surface area contributed by atoms with Crippen molar-refractivity contribution >= 4 is 17.8 Å². The van der Waals surface area contributed by atoms with E-state index in [1.807, 2.05) is 0 Å².